The first-order chi connectivity index (χ1) is 9.17. The molecule has 0 radical (unpaired) electrons. The molecule has 0 aromatic heterocycles. The van der Waals surface area contributed by atoms with Crippen molar-refractivity contribution < 1.29 is 9.72 Å². The normalized spacial score (nSPS) is 13.6. The van der Waals surface area contributed by atoms with Crippen LogP contribution in [0.5, 0.6) is 0 Å². The molecule has 1 fully saturated rings. The topological polar surface area (TPSA) is 87.2 Å². The average molecular weight is 259 g/mol. The van der Waals surface area contributed by atoms with Crippen LogP contribution in [0.1, 0.15) is 29.6 Å². The highest BCUT2D eigenvalue weighted by Crippen LogP contribution is 2.34. The maximum atomic E-state index is 11.1. The van der Waals surface area contributed by atoms with Crippen LogP contribution in [0.4, 0.5) is 11.4 Å². The fraction of sp³-hybridized carbons (Fsp3) is 0.385. The lowest BCUT2D eigenvalue weighted by atomic mass is 10.1. The summed E-state index contributed by atoms with van der Waals surface area (Å²) in [5.41, 5.74) is 0.888. The Balaban J connectivity index is 2.33. The minimum atomic E-state index is -0.520. The van der Waals surface area contributed by atoms with Gasteiger partial charge in [-0.2, -0.15) is 5.26 Å². The van der Waals surface area contributed by atoms with E-state index in [-0.39, 0.29) is 5.69 Å². The number of non-ortho nitro benzene ring substituents is 1. The number of nitro benzene ring substituents is 1. The molecule has 0 spiro atoms. The number of nitro groups is 1. The number of carbonyl (C=O) groups excluding carboxylic acids is 1. The van der Waals surface area contributed by atoms with E-state index in [2.05, 4.69) is 6.07 Å². The molecule has 1 aromatic rings. The van der Waals surface area contributed by atoms with Crippen molar-refractivity contribution in [3.8, 4) is 6.07 Å². The molecule has 0 saturated heterocycles. The molecule has 0 heterocycles. The highest BCUT2D eigenvalue weighted by Gasteiger charge is 2.30. The summed E-state index contributed by atoms with van der Waals surface area (Å²) in [6, 6.07) is 6.69. The number of hydrogen-bond acceptors (Lipinski definition) is 5. The van der Waals surface area contributed by atoms with Crippen molar-refractivity contribution in [3.63, 3.8) is 0 Å². The molecule has 0 aliphatic heterocycles. The maximum Gasteiger partial charge on any atom is 0.270 e. The Hall–Kier alpha value is -2.42. The van der Waals surface area contributed by atoms with E-state index in [0.717, 1.165) is 12.8 Å². The summed E-state index contributed by atoms with van der Waals surface area (Å²) in [6.45, 7) is 0.541. The molecule has 1 aromatic carbocycles. The summed E-state index contributed by atoms with van der Waals surface area (Å²) in [5, 5.41) is 19.4. The molecule has 0 atom stereocenters. The molecular weight excluding hydrogens is 246 g/mol. The first-order valence-electron chi connectivity index (χ1n) is 6.04. The van der Waals surface area contributed by atoms with Crippen molar-refractivity contribution in [2.24, 2.45) is 0 Å². The van der Waals surface area contributed by atoms with Crippen LogP contribution in [-0.2, 0) is 0 Å². The standard InChI is InChI=1S/C13H13N3O3/c14-6-1-7-15(11-2-3-11)13-5-4-12(16(18)19)8-10(13)9-17/h4-5,8-9,11H,1-3,7H2. The molecule has 6 heteroatoms. The van der Waals surface area contributed by atoms with Crippen LogP contribution in [0, 0.1) is 21.4 Å². The zero-order valence-electron chi connectivity index (χ0n) is 10.3. The summed E-state index contributed by atoms with van der Waals surface area (Å²) >= 11 is 0. The van der Waals surface area contributed by atoms with Crippen LogP contribution in [0.2, 0.25) is 0 Å². The van der Waals surface area contributed by atoms with E-state index >= 15 is 0 Å². The number of nitriles is 1. The lowest BCUT2D eigenvalue weighted by molar-refractivity contribution is -0.384. The quantitative estimate of drug-likeness (QED) is 0.444. The van der Waals surface area contributed by atoms with Gasteiger partial charge in [0.25, 0.3) is 5.69 Å². The SMILES string of the molecule is N#CCCN(c1ccc([N+](=O)[O-])cc1C=O)C1CC1. The van der Waals surface area contributed by atoms with Gasteiger partial charge in [0.2, 0.25) is 0 Å². The van der Waals surface area contributed by atoms with Gasteiger partial charge in [-0.05, 0) is 18.9 Å². The monoisotopic (exact) mass is 259 g/mol. The smallest absolute Gasteiger partial charge is 0.270 e. The molecule has 0 amide bonds. The third-order valence-corrected chi connectivity index (χ3v) is 3.11. The van der Waals surface area contributed by atoms with Gasteiger partial charge in [0.15, 0.2) is 6.29 Å². The predicted molar refractivity (Wildman–Crippen MR) is 69.1 cm³/mol. The van der Waals surface area contributed by atoms with E-state index in [4.69, 9.17) is 5.26 Å². The van der Waals surface area contributed by atoms with Crippen LogP contribution in [-0.4, -0.2) is 23.8 Å². The summed E-state index contributed by atoms with van der Waals surface area (Å²) in [7, 11) is 0. The number of carbonyl (C=O) groups is 1. The molecule has 1 aliphatic carbocycles. The Kier molecular flexibility index (Phi) is 3.76. The van der Waals surface area contributed by atoms with Gasteiger partial charge in [-0.15, -0.1) is 0 Å². The fourth-order valence-electron chi connectivity index (χ4n) is 2.07. The van der Waals surface area contributed by atoms with Gasteiger partial charge < -0.3 is 4.90 Å². The highest BCUT2D eigenvalue weighted by molar-refractivity contribution is 5.86. The third-order valence-electron chi connectivity index (χ3n) is 3.11. The second-order valence-corrected chi connectivity index (χ2v) is 4.45. The van der Waals surface area contributed by atoms with Gasteiger partial charge >= 0.3 is 0 Å². The van der Waals surface area contributed by atoms with Crippen LogP contribution < -0.4 is 4.90 Å². The van der Waals surface area contributed by atoms with Gasteiger partial charge in [-0.25, -0.2) is 0 Å². The molecule has 2 rings (SSSR count). The Morgan fingerprint density at radius 1 is 1.53 bits per heavy atom. The zero-order valence-corrected chi connectivity index (χ0v) is 10.3. The van der Waals surface area contributed by atoms with Gasteiger partial charge in [-0.3, -0.25) is 14.9 Å². The van der Waals surface area contributed by atoms with Crippen LogP contribution in [0.15, 0.2) is 18.2 Å². The minimum Gasteiger partial charge on any atom is -0.367 e. The van der Waals surface area contributed by atoms with E-state index in [1.54, 1.807) is 6.07 Å². The molecule has 19 heavy (non-hydrogen) atoms. The molecule has 98 valence electrons. The van der Waals surface area contributed by atoms with Crippen LogP contribution >= 0.6 is 0 Å². The lowest BCUT2D eigenvalue weighted by Gasteiger charge is -2.24. The molecular formula is C13H13N3O3. The van der Waals surface area contributed by atoms with Crippen molar-refractivity contribution in [1.82, 2.24) is 0 Å². The van der Waals surface area contributed by atoms with E-state index in [0.29, 0.717) is 36.5 Å². The molecule has 6 nitrogen and oxygen atoms in total. The van der Waals surface area contributed by atoms with Gasteiger partial charge in [-0.1, -0.05) is 0 Å². The average Bonchev–Trinajstić information content (AvgIpc) is 3.23. The van der Waals surface area contributed by atoms with Gasteiger partial charge in [0.05, 0.1) is 17.4 Å². The van der Waals surface area contributed by atoms with Gasteiger partial charge in [0.1, 0.15) is 0 Å². The zero-order chi connectivity index (χ0) is 13.8. The van der Waals surface area contributed by atoms with Crippen molar-refractivity contribution in [1.29, 1.82) is 5.26 Å². The largest absolute Gasteiger partial charge is 0.367 e. The number of aldehydes is 1. The second-order valence-electron chi connectivity index (χ2n) is 4.45. The van der Waals surface area contributed by atoms with Crippen molar-refractivity contribution >= 4 is 17.7 Å². The number of rotatable bonds is 6. The third kappa shape index (κ3) is 2.88. The van der Waals surface area contributed by atoms with E-state index < -0.39 is 4.92 Å². The summed E-state index contributed by atoms with van der Waals surface area (Å²) in [4.78, 5) is 23.3. The Bertz CT molecular complexity index is 547. The number of nitrogens with zero attached hydrogens (tertiary/aromatic N) is 3. The van der Waals surface area contributed by atoms with E-state index in [1.165, 1.54) is 12.1 Å². The molecule has 0 unspecified atom stereocenters. The van der Waals surface area contributed by atoms with E-state index in [9.17, 15) is 14.9 Å². The van der Waals surface area contributed by atoms with E-state index in [1.807, 2.05) is 4.90 Å². The first-order valence-corrected chi connectivity index (χ1v) is 6.04. The van der Waals surface area contributed by atoms with Crippen LogP contribution in [0.3, 0.4) is 0 Å². The first kappa shape index (κ1) is 13.0. The Labute approximate surface area is 110 Å². The highest BCUT2D eigenvalue weighted by atomic mass is 16.6. The maximum absolute atomic E-state index is 11.1. The minimum absolute atomic E-state index is 0.0955. The van der Waals surface area contributed by atoms with Crippen molar-refractivity contribution in [2.75, 3.05) is 11.4 Å². The summed E-state index contributed by atoms with van der Waals surface area (Å²) in [5.74, 6) is 0. The van der Waals surface area contributed by atoms with Crippen molar-refractivity contribution in [2.45, 2.75) is 25.3 Å². The summed E-state index contributed by atoms with van der Waals surface area (Å²) < 4.78 is 0. The summed E-state index contributed by atoms with van der Waals surface area (Å²) in [6.07, 6.45) is 3.05. The fourth-order valence-corrected chi connectivity index (χ4v) is 2.07. The number of benzene rings is 1. The lowest BCUT2D eigenvalue weighted by Crippen LogP contribution is -2.27. The van der Waals surface area contributed by atoms with Crippen LogP contribution in [0.25, 0.3) is 0 Å². The molecule has 0 bridgehead atoms. The molecule has 1 saturated carbocycles. The number of anilines is 1. The molecule has 0 N–H and O–H groups in total. The molecule has 1 aliphatic rings. The number of hydrogen-bond donors (Lipinski definition) is 0. The second kappa shape index (κ2) is 5.48. The Morgan fingerprint density at radius 2 is 2.26 bits per heavy atom. The van der Waals surface area contributed by atoms with Gasteiger partial charge in [0, 0.05) is 36.0 Å². The predicted octanol–water partition coefficient (Wildman–Crippen LogP) is 2.29. The van der Waals surface area contributed by atoms with Crippen molar-refractivity contribution in [3.05, 3.63) is 33.9 Å². The Morgan fingerprint density at radius 3 is 2.79 bits per heavy atom.